The van der Waals surface area contributed by atoms with Crippen LogP contribution >= 0.6 is 0 Å². The van der Waals surface area contributed by atoms with Crippen LogP contribution in [0.2, 0.25) is 0 Å². The Morgan fingerprint density at radius 3 is 2.51 bits per heavy atom. The second-order valence-electron chi connectivity index (χ2n) is 9.22. The molecule has 0 saturated carbocycles. The lowest BCUT2D eigenvalue weighted by molar-refractivity contribution is 0.501. The van der Waals surface area contributed by atoms with Crippen LogP contribution < -0.4 is 26.6 Å². The molecule has 0 amide bonds. The van der Waals surface area contributed by atoms with Crippen molar-refractivity contribution in [3.05, 3.63) is 55.0 Å². The Kier molecular flexibility index (Phi) is 6.76. The Bertz CT molecular complexity index is 1180. The molecule has 2 aliphatic heterocycles. The third-order valence-electron chi connectivity index (χ3n) is 6.70. The van der Waals surface area contributed by atoms with Crippen molar-refractivity contribution in [2.45, 2.75) is 38.1 Å². The molecular weight excluding hydrogens is 438 g/mol. The lowest BCUT2D eigenvalue weighted by Crippen LogP contribution is -2.40. The number of nitrogens with one attached hydrogen (secondary N) is 1. The Morgan fingerprint density at radius 1 is 0.914 bits per heavy atom. The molecule has 182 valence electrons. The van der Waals surface area contributed by atoms with E-state index in [1.54, 1.807) is 12.4 Å². The van der Waals surface area contributed by atoms with E-state index in [2.05, 4.69) is 43.8 Å². The molecule has 0 aliphatic carbocycles. The fourth-order valence-electron chi connectivity index (χ4n) is 4.70. The maximum Gasteiger partial charge on any atom is 0.154 e. The number of hydrogen-bond acceptors (Lipinski definition) is 9. The molecule has 0 spiro atoms. The quantitative estimate of drug-likeness (QED) is 0.495. The number of nitrogens with two attached hydrogens (primary N) is 2. The molecule has 0 radical (unpaired) electrons. The highest BCUT2D eigenvalue weighted by Crippen LogP contribution is 2.30. The van der Waals surface area contributed by atoms with Crippen LogP contribution in [0.1, 0.15) is 37.8 Å². The molecule has 3 aromatic heterocycles. The Labute approximate surface area is 206 Å². The summed E-state index contributed by atoms with van der Waals surface area (Å²) in [6.07, 6.45) is 9.01. The molecule has 0 bridgehead atoms. The van der Waals surface area contributed by atoms with Crippen molar-refractivity contribution in [1.29, 1.82) is 0 Å². The van der Waals surface area contributed by atoms with E-state index in [0.29, 0.717) is 28.7 Å². The number of nitrogen functional groups attached to an aromatic ring is 1. The Morgan fingerprint density at radius 2 is 1.71 bits per heavy atom. The van der Waals surface area contributed by atoms with Gasteiger partial charge in [-0.1, -0.05) is 12.6 Å². The molecule has 0 unspecified atom stereocenters. The molecule has 3 aromatic rings. The van der Waals surface area contributed by atoms with E-state index < -0.39 is 0 Å². The minimum atomic E-state index is 0.258. The third-order valence-corrected chi connectivity index (χ3v) is 6.70. The van der Waals surface area contributed by atoms with Crippen LogP contribution in [-0.4, -0.2) is 52.2 Å². The van der Waals surface area contributed by atoms with Crippen LogP contribution in [-0.2, 0) is 0 Å². The summed E-state index contributed by atoms with van der Waals surface area (Å²) >= 11 is 0. The summed E-state index contributed by atoms with van der Waals surface area (Å²) in [4.78, 5) is 23.2. The molecule has 0 aromatic carbocycles. The lowest BCUT2D eigenvalue weighted by Gasteiger charge is -2.33. The number of hydrogen-bond donors (Lipinski definition) is 3. The number of aromatic nitrogens is 4. The molecular formula is C26H33N9. The maximum absolute atomic E-state index is 6.22. The fraction of sp³-hybridized carbons (Fsp3) is 0.385. The second kappa shape index (κ2) is 10.3. The summed E-state index contributed by atoms with van der Waals surface area (Å²) in [5.74, 6) is 1.99. The summed E-state index contributed by atoms with van der Waals surface area (Å²) in [5.41, 5.74) is 15.8. The minimum absolute atomic E-state index is 0.258. The standard InChI is InChI=1S/C26H33N9/c1-18(31-26-22(8-6-12-29-26)34-15-10-19(27)11-16-34)24-25(28)30-17-21(33-24)20-7-5-9-23(32-20)35-13-3-2-4-14-35/h5-9,12,17,19H,1-4,10-11,13-16,27H2,(H2,28,30)(H,29,31). The number of anilines is 4. The van der Waals surface area contributed by atoms with E-state index in [0.717, 1.165) is 56.2 Å². The smallest absolute Gasteiger partial charge is 0.154 e. The first-order valence-corrected chi connectivity index (χ1v) is 12.4. The van der Waals surface area contributed by atoms with Crippen molar-refractivity contribution < 1.29 is 0 Å². The molecule has 5 rings (SSSR count). The third kappa shape index (κ3) is 5.19. The van der Waals surface area contributed by atoms with Crippen molar-refractivity contribution in [3.63, 3.8) is 0 Å². The average Bonchev–Trinajstić information content (AvgIpc) is 2.90. The highest BCUT2D eigenvalue weighted by Gasteiger charge is 2.20. The molecule has 2 aliphatic rings. The monoisotopic (exact) mass is 471 g/mol. The molecule has 9 heteroatoms. The highest BCUT2D eigenvalue weighted by molar-refractivity contribution is 5.82. The maximum atomic E-state index is 6.22. The SMILES string of the molecule is C=C(Nc1ncccc1N1CCC(N)CC1)c1nc(-c2cccc(N3CCCCC3)n2)cnc1N. The normalized spacial score (nSPS) is 16.8. The van der Waals surface area contributed by atoms with Gasteiger partial charge in [0.25, 0.3) is 0 Å². The van der Waals surface area contributed by atoms with E-state index in [4.69, 9.17) is 21.4 Å². The number of piperidine rings is 2. The summed E-state index contributed by atoms with van der Waals surface area (Å²) in [6.45, 7) is 8.06. The highest BCUT2D eigenvalue weighted by atomic mass is 15.2. The number of rotatable bonds is 6. The van der Waals surface area contributed by atoms with Crippen molar-refractivity contribution in [3.8, 4) is 11.4 Å². The van der Waals surface area contributed by atoms with Gasteiger partial charge in [0.05, 0.1) is 23.3 Å². The first-order chi connectivity index (χ1) is 17.1. The van der Waals surface area contributed by atoms with Crippen LogP contribution in [0.25, 0.3) is 17.1 Å². The predicted molar refractivity (Wildman–Crippen MR) is 142 cm³/mol. The average molecular weight is 472 g/mol. The zero-order valence-corrected chi connectivity index (χ0v) is 20.0. The molecule has 5 heterocycles. The van der Waals surface area contributed by atoms with E-state index >= 15 is 0 Å². The lowest BCUT2D eigenvalue weighted by atomic mass is 10.1. The van der Waals surface area contributed by atoms with Gasteiger partial charge in [-0.15, -0.1) is 0 Å². The van der Waals surface area contributed by atoms with E-state index in [9.17, 15) is 0 Å². The Hall–Kier alpha value is -3.72. The van der Waals surface area contributed by atoms with Crippen molar-refractivity contribution in [2.75, 3.05) is 47.0 Å². The van der Waals surface area contributed by atoms with Gasteiger partial charge in [0.15, 0.2) is 11.6 Å². The fourth-order valence-corrected chi connectivity index (χ4v) is 4.70. The molecule has 2 saturated heterocycles. The van der Waals surface area contributed by atoms with Gasteiger partial charge in [-0.25, -0.2) is 19.9 Å². The Balaban J connectivity index is 1.38. The van der Waals surface area contributed by atoms with Gasteiger partial charge in [-0.05, 0) is 56.4 Å². The summed E-state index contributed by atoms with van der Waals surface area (Å²) < 4.78 is 0. The molecule has 35 heavy (non-hydrogen) atoms. The van der Waals surface area contributed by atoms with Crippen molar-refractivity contribution in [2.24, 2.45) is 5.73 Å². The first-order valence-electron chi connectivity index (χ1n) is 12.4. The molecule has 0 atom stereocenters. The topological polar surface area (TPSA) is 122 Å². The van der Waals surface area contributed by atoms with Gasteiger partial charge >= 0.3 is 0 Å². The largest absolute Gasteiger partial charge is 0.382 e. The van der Waals surface area contributed by atoms with E-state index in [-0.39, 0.29) is 6.04 Å². The zero-order valence-electron chi connectivity index (χ0n) is 20.0. The van der Waals surface area contributed by atoms with Crippen LogP contribution in [0.4, 0.5) is 23.1 Å². The molecule has 2 fully saturated rings. The van der Waals surface area contributed by atoms with Gasteiger partial charge < -0.3 is 26.6 Å². The predicted octanol–water partition coefficient (Wildman–Crippen LogP) is 3.52. The van der Waals surface area contributed by atoms with Gasteiger partial charge in [-0.3, -0.25) is 0 Å². The summed E-state index contributed by atoms with van der Waals surface area (Å²) in [5, 5.41) is 3.33. The molecule has 5 N–H and O–H groups in total. The van der Waals surface area contributed by atoms with Crippen LogP contribution in [0.5, 0.6) is 0 Å². The molecule has 9 nitrogen and oxygen atoms in total. The van der Waals surface area contributed by atoms with Crippen LogP contribution in [0.3, 0.4) is 0 Å². The van der Waals surface area contributed by atoms with E-state index in [1.165, 1.54) is 19.3 Å². The van der Waals surface area contributed by atoms with Crippen molar-refractivity contribution >= 4 is 28.8 Å². The van der Waals surface area contributed by atoms with Crippen molar-refractivity contribution in [1.82, 2.24) is 19.9 Å². The van der Waals surface area contributed by atoms with Gasteiger partial charge in [-0.2, -0.15) is 0 Å². The number of pyridine rings is 2. The minimum Gasteiger partial charge on any atom is -0.382 e. The second-order valence-corrected chi connectivity index (χ2v) is 9.22. The van der Waals surface area contributed by atoms with E-state index in [1.807, 2.05) is 18.2 Å². The van der Waals surface area contributed by atoms with Gasteiger partial charge in [0.1, 0.15) is 17.2 Å². The number of nitrogens with zero attached hydrogens (tertiary/aromatic N) is 6. The summed E-state index contributed by atoms with van der Waals surface area (Å²) in [7, 11) is 0. The first kappa shape index (κ1) is 23.0. The van der Waals surface area contributed by atoms with Gasteiger partial charge in [0, 0.05) is 38.4 Å². The zero-order chi connectivity index (χ0) is 24.2. The summed E-state index contributed by atoms with van der Waals surface area (Å²) in [6, 6.07) is 10.3. The van der Waals surface area contributed by atoms with Gasteiger partial charge in [0.2, 0.25) is 0 Å². The van der Waals surface area contributed by atoms with Crippen LogP contribution in [0.15, 0.2) is 49.3 Å². The van der Waals surface area contributed by atoms with Crippen LogP contribution in [0, 0.1) is 0 Å².